The molecule has 1 aromatic carbocycles. The number of carboxylic acids is 1. The number of aromatic amines is 1. The number of carboxylic acid groups (broad SMARTS) is 1. The smallest absolute Gasteiger partial charge is 0.434 e. The number of pyridine rings is 1. The van der Waals surface area contributed by atoms with Crippen molar-refractivity contribution in [2.24, 2.45) is 5.92 Å². The van der Waals surface area contributed by atoms with Crippen molar-refractivity contribution < 1.29 is 27.8 Å². The van der Waals surface area contributed by atoms with Gasteiger partial charge in [0, 0.05) is 29.9 Å². The van der Waals surface area contributed by atoms with Crippen LogP contribution in [0.15, 0.2) is 48.8 Å². The van der Waals surface area contributed by atoms with Crippen molar-refractivity contribution in [2.45, 2.75) is 44.4 Å². The summed E-state index contributed by atoms with van der Waals surface area (Å²) in [4.78, 5) is 21.3. The summed E-state index contributed by atoms with van der Waals surface area (Å²) < 4.78 is 44.2. The Kier molecular flexibility index (Phi) is 6.16. The number of hydrogen-bond donors (Lipinski definition) is 2. The van der Waals surface area contributed by atoms with Crippen LogP contribution in [0.5, 0.6) is 5.75 Å². The van der Waals surface area contributed by atoms with Crippen LogP contribution >= 0.6 is 0 Å². The van der Waals surface area contributed by atoms with E-state index < -0.39 is 17.8 Å². The number of nitrogens with one attached hydrogen (secondary N) is 1. The molecule has 0 aliphatic heterocycles. The standard InChI is InChI=1S/C23H22F3N3O3/c24-23(25,26)20-13-28-22(29-20)16-5-10-19(27-12-16)15-3-8-18(9-4-15)32-17-6-1-14(2-7-17)11-21(30)31/h3-5,8-10,12-14,17H,1-2,6-7,11H2,(H,28,29)(H,30,31)/t14-,17+. The second-order valence-corrected chi connectivity index (χ2v) is 7.95. The molecule has 2 aromatic heterocycles. The second-order valence-electron chi connectivity index (χ2n) is 7.95. The molecule has 1 aliphatic rings. The molecule has 0 saturated heterocycles. The Bertz CT molecular complexity index is 1050. The largest absolute Gasteiger partial charge is 0.490 e. The Morgan fingerprint density at radius 3 is 2.31 bits per heavy atom. The van der Waals surface area contributed by atoms with E-state index in [0.29, 0.717) is 11.3 Å². The number of halogens is 3. The summed E-state index contributed by atoms with van der Waals surface area (Å²) in [6.07, 6.45) is 1.50. The molecule has 2 N–H and O–H groups in total. The molecule has 0 bridgehead atoms. The van der Waals surface area contributed by atoms with Gasteiger partial charge >= 0.3 is 12.1 Å². The Morgan fingerprint density at radius 2 is 1.75 bits per heavy atom. The third-order valence-corrected chi connectivity index (χ3v) is 5.62. The van der Waals surface area contributed by atoms with Gasteiger partial charge in [-0.3, -0.25) is 9.78 Å². The van der Waals surface area contributed by atoms with E-state index in [-0.39, 0.29) is 24.3 Å². The highest BCUT2D eigenvalue weighted by Gasteiger charge is 2.33. The van der Waals surface area contributed by atoms with Gasteiger partial charge in [0.1, 0.15) is 11.6 Å². The van der Waals surface area contributed by atoms with Crippen LogP contribution in [0.2, 0.25) is 0 Å². The van der Waals surface area contributed by atoms with E-state index in [2.05, 4.69) is 15.0 Å². The van der Waals surface area contributed by atoms with Gasteiger partial charge in [0.25, 0.3) is 0 Å². The highest BCUT2D eigenvalue weighted by atomic mass is 19.4. The zero-order valence-electron chi connectivity index (χ0n) is 17.1. The molecule has 1 aliphatic carbocycles. The lowest BCUT2D eigenvalue weighted by Gasteiger charge is -2.28. The maximum atomic E-state index is 12.7. The van der Waals surface area contributed by atoms with E-state index in [0.717, 1.165) is 43.2 Å². The van der Waals surface area contributed by atoms with Crippen LogP contribution in [-0.4, -0.2) is 32.1 Å². The summed E-state index contributed by atoms with van der Waals surface area (Å²) in [6.45, 7) is 0. The molecule has 0 unspecified atom stereocenters. The summed E-state index contributed by atoms with van der Waals surface area (Å²) in [5, 5.41) is 8.91. The van der Waals surface area contributed by atoms with Gasteiger partial charge < -0.3 is 14.8 Å². The average Bonchev–Trinajstić information content (AvgIpc) is 3.27. The van der Waals surface area contributed by atoms with Gasteiger partial charge in [0.15, 0.2) is 5.69 Å². The molecule has 4 rings (SSSR count). The zero-order valence-corrected chi connectivity index (χ0v) is 17.1. The third kappa shape index (κ3) is 5.27. The number of ether oxygens (including phenoxy) is 1. The first-order chi connectivity index (χ1) is 15.3. The monoisotopic (exact) mass is 445 g/mol. The van der Waals surface area contributed by atoms with Crippen molar-refractivity contribution in [1.82, 2.24) is 15.0 Å². The van der Waals surface area contributed by atoms with Gasteiger partial charge in [0.2, 0.25) is 0 Å². The molecule has 9 heteroatoms. The lowest BCUT2D eigenvalue weighted by atomic mass is 9.85. The Hall–Kier alpha value is -3.36. The number of nitrogens with zero attached hydrogens (tertiary/aromatic N) is 2. The molecule has 6 nitrogen and oxygen atoms in total. The number of imidazole rings is 1. The molecular formula is C23H22F3N3O3. The number of rotatable bonds is 6. The van der Waals surface area contributed by atoms with E-state index in [9.17, 15) is 18.0 Å². The van der Waals surface area contributed by atoms with Crippen LogP contribution in [0.3, 0.4) is 0 Å². The highest BCUT2D eigenvalue weighted by Crippen LogP contribution is 2.31. The molecule has 1 saturated carbocycles. The molecule has 0 amide bonds. The maximum Gasteiger partial charge on any atom is 0.434 e. The number of aliphatic carboxylic acids is 1. The molecule has 3 aromatic rings. The number of H-pyrrole nitrogens is 1. The van der Waals surface area contributed by atoms with Crippen LogP contribution in [-0.2, 0) is 11.0 Å². The summed E-state index contributed by atoms with van der Waals surface area (Å²) in [6, 6.07) is 10.9. The SMILES string of the molecule is O=C(O)C[C@H]1CC[C@@H](Oc2ccc(-c3ccc(-c4nc(C(F)(F)F)c[nH]4)cn3)cc2)CC1. The first-order valence-electron chi connectivity index (χ1n) is 10.4. The summed E-state index contributed by atoms with van der Waals surface area (Å²) in [7, 11) is 0. The van der Waals surface area contributed by atoms with Crippen molar-refractivity contribution >= 4 is 5.97 Å². The average molecular weight is 445 g/mol. The minimum atomic E-state index is -4.50. The number of alkyl halides is 3. The van der Waals surface area contributed by atoms with E-state index >= 15 is 0 Å². The number of carbonyl (C=O) groups is 1. The molecule has 0 atom stereocenters. The fourth-order valence-corrected chi connectivity index (χ4v) is 3.92. The molecule has 168 valence electrons. The lowest BCUT2D eigenvalue weighted by molar-refractivity contribution is -0.141. The summed E-state index contributed by atoms with van der Waals surface area (Å²) in [5.74, 6) is 0.326. The fraction of sp³-hybridized carbons (Fsp3) is 0.348. The number of aromatic nitrogens is 3. The Labute approximate surface area is 182 Å². The fourth-order valence-electron chi connectivity index (χ4n) is 3.92. The first-order valence-corrected chi connectivity index (χ1v) is 10.4. The van der Waals surface area contributed by atoms with Gasteiger partial charge in [-0.25, -0.2) is 4.98 Å². The zero-order chi connectivity index (χ0) is 22.7. The number of benzene rings is 1. The van der Waals surface area contributed by atoms with Crippen LogP contribution in [0, 0.1) is 5.92 Å². The van der Waals surface area contributed by atoms with Crippen molar-refractivity contribution in [3.05, 3.63) is 54.5 Å². The van der Waals surface area contributed by atoms with Gasteiger partial charge in [0.05, 0.1) is 11.8 Å². The van der Waals surface area contributed by atoms with Crippen LogP contribution < -0.4 is 4.74 Å². The minimum Gasteiger partial charge on any atom is -0.490 e. The van der Waals surface area contributed by atoms with Gasteiger partial charge in [-0.15, -0.1) is 0 Å². The van der Waals surface area contributed by atoms with Crippen LogP contribution in [0.4, 0.5) is 13.2 Å². The number of hydrogen-bond acceptors (Lipinski definition) is 4. The topological polar surface area (TPSA) is 88.1 Å². The van der Waals surface area contributed by atoms with E-state index in [4.69, 9.17) is 9.84 Å². The van der Waals surface area contributed by atoms with E-state index in [1.54, 1.807) is 12.1 Å². The van der Waals surface area contributed by atoms with Gasteiger partial charge in [-0.2, -0.15) is 13.2 Å². The van der Waals surface area contributed by atoms with Crippen LogP contribution in [0.25, 0.3) is 22.6 Å². The summed E-state index contributed by atoms with van der Waals surface area (Å²) in [5.41, 5.74) is 1.02. The predicted octanol–water partition coefficient (Wildman–Crippen LogP) is 5.57. The maximum absolute atomic E-state index is 12.7. The van der Waals surface area contributed by atoms with E-state index in [1.807, 2.05) is 24.3 Å². The predicted molar refractivity (Wildman–Crippen MR) is 111 cm³/mol. The molecule has 1 fully saturated rings. The third-order valence-electron chi connectivity index (χ3n) is 5.62. The molecular weight excluding hydrogens is 423 g/mol. The second kappa shape index (κ2) is 9.02. The van der Waals surface area contributed by atoms with Gasteiger partial charge in [-0.05, 0) is 68.0 Å². The molecule has 0 spiro atoms. The molecule has 0 radical (unpaired) electrons. The van der Waals surface area contributed by atoms with Crippen molar-refractivity contribution in [1.29, 1.82) is 0 Å². The highest BCUT2D eigenvalue weighted by molar-refractivity contribution is 5.67. The van der Waals surface area contributed by atoms with Crippen molar-refractivity contribution in [2.75, 3.05) is 0 Å². The lowest BCUT2D eigenvalue weighted by Crippen LogP contribution is -2.25. The first kappa shape index (κ1) is 21.9. The Morgan fingerprint density at radius 1 is 1.06 bits per heavy atom. The quantitative estimate of drug-likeness (QED) is 0.518. The summed E-state index contributed by atoms with van der Waals surface area (Å²) >= 11 is 0. The van der Waals surface area contributed by atoms with Crippen molar-refractivity contribution in [3.8, 4) is 28.4 Å². The molecule has 2 heterocycles. The van der Waals surface area contributed by atoms with Gasteiger partial charge in [-0.1, -0.05) is 0 Å². The van der Waals surface area contributed by atoms with Crippen molar-refractivity contribution in [3.63, 3.8) is 0 Å². The molecule has 32 heavy (non-hydrogen) atoms. The Balaban J connectivity index is 1.36. The van der Waals surface area contributed by atoms with E-state index in [1.165, 1.54) is 6.20 Å². The minimum absolute atomic E-state index is 0.0817. The van der Waals surface area contributed by atoms with Crippen LogP contribution in [0.1, 0.15) is 37.8 Å². The normalized spacial score (nSPS) is 19.0.